The molecule has 0 atom stereocenters. The lowest BCUT2D eigenvalue weighted by Gasteiger charge is -2.11. The van der Waals surface area contributed by atoms with Crippen molar-refractivity contribution in [1.29, 1.82) is 0 Å². The van der Waals surface area contributed by atoms with E-state index in [1.165, 1.54) is 23.5 Å². The molecular formula is C26H28N4O5S2. The van der Waals surface area contributed by atoms with Gasteiger partial charge in [0.25, 0.3) is 0 Å². The standard InChI is InChI=1S/C26H28N4O5S2/c1-16(2)34-21-7-5-6-19(13-21)24-20(12-18-8-10-22(11-9-18)37(27,32)33)14-30(29-24)26-28-23(15-36-26)25(31)35-17(3)4/h5-11,13-17H,12H2,1-4H3,(H2,27,32,33). The predicted molar refractivity (Wildman–Crippen MR) is 142 cm³/mol. The number of esters is 1. The van der Waals surface area contributed by atoms with Crippen LogP contribution in [0.1, 0.15) is 49.3 Å². The quantitative estimate of drug-likeness (QED) is 0.308. The van der Waals surface area contributed by atoms with Crippen LogP contribution in [0.2, 0.25) is 0 Å². The van der Waals surface area contributed by atoms with Crippen LogP contribution in [0.5, 0.6) is 5.75 Å². The van der Waals surface area contributed by atoms with Crippen LogP contribution in [0, 0.1) is 0 Å². The minimum Gasteiger partial charge on any atom is -0.491 e. The minimum atomic E-state index is -3.78. The zero-order valence-electron chi connectivity index (χ0n) is 20.9. The molecule has 0 radical (unpaired) electrons. The van der Waals surface area contributed by atoms with Gasteiger partial charge in [0.1, 0.15) is 5.75 Å². The van der Waals surface area contributed by atoms with Crippen molar-refractivity contribution in [3.05, 3.63) is 76.9 Å². The fourth-order valence-corrected chi connectivity index (χ4v) is 4.86. The number of carbonyl (C=O) groups is 1. The number of thiazole rings is 1. The number of nitrogens with two attached hydrogens (primary N) is 1. The van der Waals surface area contributed by atoms with E-state index in [1.807, 2.05) is 44.3 Å². The molecule has 4 aromatic rings. The number of sulfonamides is 1. The van der Waals surface area contributed by atoms with E-state index in [0.717, 1.165) is 22.4 Å². The Bertz CT molecular complexity index is 1510. The van der Waals surface area contributed by atoms with Crippen molar-refractivity contribution in [2.75, 3.05) is 0 Å². The van der Waals surface area contributed by atoms with E-state index in [-0.39, 0.29) is 22.8 Å². The third-order valence-electron chi connectivity index (χ3n) is 5.16. The highest BCUT2D eigenvalue weighted by atomic mass is 32.2. The summed E-state index contributed by atoms with van der Waals surface area (Å²) in [5, 5.41) is 12.2. The molecule has 0 unspecified atom stereocenters. The van der Waals surface area contributed by atoms with Gasteiger partial charge in [0, 0.05) is 29.1 Å². The Kier molecular flexibility index (Phi) is 7.76. The van der Waals surface area contributed by atoms with Gasteiger partial charge in [-0.25, -0.2) is 28.0 Å². The fraction of sp³-hybridized carbons (Fsp3) is 0.269. The fourth-order valence-electron chi connectivity index (χ4n) is 3.62. The number of carbonyl (C=O) groups excluding carboxylic acids is 1. The third-order valence-corrected chi connectivity index (χ3v) is 6.92. The van der Waals surface area contributed by atoms with Crippen LogP contribution >= 0.6 is 11.3 Å². The van der Waals surface area contributed by atoms with Gasteiger partial charge in [0.2, 0.25) is 15.2 Å². The molecule has 2 N–H and O–H groups in total. The van der Waals surface area contributed by atoms with Gasteiger partial charge in [-0.3, -0.25) is 0 Å². The summed E-state index contributed by atoms with van der Waals surface area (Å²) in [4.78, 5) is 16.8. The van der Waals surface area contributed by atoms with Gasteiger partial charge in [0.05, 0.1) is 22.8 Å². The number of rotatable bonds is 9. The summed E-state index contributed by atoms with van der Waals surface area (Å²) in [6, 6.07) is 14.1. The maximum atomic E-state index is 12.3. The summed E-state index contributed by atoms with van der Waals surface area (Å²) in [6.07, 6.45) is 2.10. The first-order chi connectivity index (χ1) is 17.5. The maximum absolute atomic E-state index is 12.3. The van der Waals surface area contributed by atoms with Crippen molar-refractivity contribution in [2.24, 2.45) is 5.14 Å². The van der Waals surface area contributed by atoms with Crippen LogP contribution in [0.25, 0.3) is 16.4 Å². The monoisotopic (exact) mass is 540 g/mol. The average Bonchev–Trinajstić information content (AvgIpc) is 3.46. The SMILES string of the molecule is CC(C)OC(=O)c1csc(-n2cc(Cc3ccc(S(N)(=O)=O)cc3)c(-c3cccc(OC(C)C)c3)n2)n1. The Morgan fingerprint density at radius 1 is 1.08 bits per heavy atom. The van der Waals surface area contributed by atoms with E-state index in [4.69, 9.17) is 19.7 Å². The smallest absolute Gasteiger partial charge is 0.358 e. The van der Waals surface area contributed by atoms with Crippen LogP contribution in [0.3, 0.4) is 0 Å². The molecule has 4 rings (SSSR count). The zero-order valence-corrected chi connectivity index (χ0v) is 22.5. The predicted octanol–water partition coefficient (Wildman–Crippen LogP) is 4.59. The van der Waals surface area contributed by atoms with Crippen molar-refractivity contribution >= 4 is 27.3 Å². The molecule has 2 aromatic carbocycles. The summed E-state index contributed by atoms with van der Waals surface area (Å²) >= 11 is 1.28. The summed E-state index contributed by atoms with van der Waals surface area (Å²) in [6.45, 7) is 7.48. The molecule has 0 saturated heterocycles. The summed E-state index contributed by atoms with van der Waals surface area (Å²) < 4.78 is 36.0. The first-order valence-corrected chi connectivity index (χ1v) is 14.1. The maximum Gasteiger partial charge on any atom is 0.358 e. The molecule has 0 aliphatic heterocycles. The number of nitrogens with zero attached hydrogens (tertiary/aromatic N) is 3. The Balaban J connectivity index is 1.73. The van der Waals surface area contributed by atoms with Crippen molar-refractivity contribution in [3.8, 4) is 22.1 Å². The van der Waals surface area contributed by atoms with Crippen molar-refractivity contribution in [1.82, 2.24) is 14.8 Å². The van der Waals surface area contributed by atoms with Crippen LogP contribution < -0.4 is 9.88 Å². The molecule has 0 saturated carbocycles. The lowest BCUT2D eigenvalue weighted by Crippen LogP contribution is -2.12. The van der Waals surface area contributed by atoms with E-state index < -0.39 is 16.0 Å². The second-order valence-electron chi connectivity index (χ2n) is 8.98. The molecule has 0 spiro atoms. The number of primary sulfonamides is 1. The first-order valence-electron chi connectivity index (χ1n) is 11.6. The molecule has 0 fully saturated rings. The molecule has 37 heavy (non-hydrogen) atoms. The van der Waals surface area contributed by atoms with Crippen LogP contribution in [-0.4, -0.2) is 41.4 Å². The molecule has 2 aromatic heterocycles. The number of benzene rings is 2. The topological polar surface area (TPSA) is 126 Å². The van der Waals surface area contributed by atoms with Gasteiger partial charge in [-0.1, -0.05) is 24.3 Å². The van der Waals surface area contributed by atoms with Crippen molar-refractivity contribution in [3.63, 3.8) is 0 Å². The van der Waals surface area contributed by atoms with Crippen molar-refractivity contribution in [2.45, 2.75) is 51.2 Å². The number of hydrogen-bond donors (Lipinski definition) is 1. The van der Waals surface area contributed by atoms with E-state index >= 15 is 0 Å². The number of ether oxygens (including phenoxy) is 2. The molecule has 2 heterocycles. The lowest BCUT2D eigenvalue weighted by molar-refractivity contribution is 0.0371. The van der Waals surface area contributed by atoms with Gasteiger partial charge in [-0.05, 0) is 57.5 Å². The number of hydrogen-bond acceptors (Lipinski definition) is 8. The highest BCUT2D eigenvalue weighted by molar-refractivity contribution is 7.89. The molecule has 0 aliphatic rings. The van der Waals surface area contributed by atoms with Gasteiger partial charge in [-0.2, -0.15) is 5.10 Å². The molecule has 0 bridgehead atoms. The van der Waals surface area contributed by atoms with Gasteiger partial charge >= 0.3 is 5.97 Å². The second-order valence-corrected chi connectivity index (χ2v) is 11.4. The third kappa shape index (κ3) is 6.62. The first kappa shape index (κ1) is 26.5. The second kappa shape index (κ2) is 10.8. The largest absolute Gasteiger partial charge is 0.491 e. The minimum absolute atomic E-state index is 0.0175. The Morgan fingerprint density at radius 2 is 1.81 bits per heavy atom. The van der Waals surface area contributed by atoms with Gasteiger partial charge in [-0.15, -0.1) is 11.3 Å². The Hall–Kier alpha value is -3.54. The molecule has 9 nitrogen and oxygen atoms in total. The number of aromatic nitrogens is 3. The highest BCUT2D eigenvalue weighted by Crippen LogP contribution is 2.30. The summed E-state index contributed by atoms with van der Waals surface area (Å²) in [7, 11) is -3.78. The Morgan fingerprint density at radius 3 is 2.46 bits per heavy atom. The van der Waals surface area contributed by atoms with E-state index in [2.05, 4.69) is 4.98 Å². The van der Waals surface area contributed by atoms with Gasteiger partial charge in [0.15, 0.2) is 5.69 Å². The summed E-state index contributed by atoms with van der Waals surface area (Å²) in [5.41, 5.74) is 3.54. The molecular weight excluding hydrogens is 512 g/mol. The molecule has 194 valence electrons. The normalized spacial score (nSPS) is 11.8. The van der Waals surface area contributed by atoms with Crippen LogP contribution in [0.15, 0.2) is 65.0 Å². The zero-order chi connectivity index (χ0) is 26.7. The van der Waals surface area contributed by atoms with Crippen LogP contribution in [0.4, 0.5) is 0 Å². The van der Waals surface area contributed by atoms with Gasteiger partial charge < -0.3 is 9.47 Å². The van der Waals surface area contributed by atoms with E-state index in [0.29, 0.717) is 17.2 Å². The van der Waals surface area contributed by atoms with Crippen molar-refractivity contribution < 1.29 is 22.7 Å². The average molecular weight is 541 g/mol. The summed E-state index contributed by atoms with van der Waals surface area (Å²) in [5.74, 6) is 0.233. The van der Waals surface area contributed by atoms with Crippen LogP contribution in [-0.2, 0) is 21.2 Å². The lowest BCUT2D eigenvalue weighted by atomic mass is 10.0. The van der Waals surface area contributed by atoms with E-state index in [9.17, 15) is 13.2 Å². The molecule has 11 heteroatoms. The van der Waals surface area contributed by atoms with E-state index in [1.54, 1.807) is 36.0 Å². The molecule has 0 aliphatic carbocycles. The molecule has 0 amide bonds. The highest BCUT2D eigenvalue weighted by Gasteiger charge is 2.19. The Labute approximate surface area is 219 Å².